The minimum atomic E-state index is -0.340. The zero-order chi connectivity index (χ0) is 22.9. The molecule has 33 heavy (non-hydrogen) atoms. The standard InChI is InChI=1S/C22H21FN8O2/c23-13-3-1-12(2-4-13)16-5-6-17-20(29-16)22(33)31(11-26-17)10-19(32)25-8-14-7-15-18(28-14)9-27-30-21(15)24/h1-4,7,9,11,16,28-29H,5-6,8,10H2,(H2,24,30)(H,25,32)/t16-/m0/s1. The van der Waals surface area contributed by atoms with Crippen LogP contribution in [0.3, 0.4) is 0 Å². The van der Waals surface area contributed by atoms with Gasteiger partial charge >= 0.3 is 0 Å². The van der Waals surface area contributed by atoms with E-state index in [1.54, 1.807) is 24.4 Å². The number of nitrogens with two attached hydrogens (primary N) is 1. The van der Waals surface area contributed by atoms with E-state index in [0.717, 1.165) is 28.6 Å². The summed E-state index contributed by atoms with van der Waals surface area (Å²) in [5, 5.41) is 14.3. The maximum Gasteiger partial charge on any atom is 0.277 e. The molecule has 1 atom stereocenters. The summed E-state index contributed by atoms with van der Waals surface area (Å²) in [6.07, 6.45) is 4.29. The van der Waals surface area contributed by atoms with E-state index in [4.69, 9.17) is 5.73 Å². The molecule has 0 saturated heterocycles. The van der Waals surface area contributed by atoms with Crippen molar-refractivity contribution in [1.82, 2.24) is 30.0 Å². The van der Waals surface area contributed by atoms with E-state index in [0.29, 0.717) is 23.6 Å². The molecule has 1 aliphatic heterocycles. The van der Waals surface area contributed by atoms with Crippen molar-refractivity contribution < 1.29 is 9.18 Å². The zero-order valence-corrected chi connectivity index (χ0v) is 17.5. The van der Waals surface area contributed by atoms with Crippen LogP contribution in [0.25, 0.3) is 10.9 Å². The molecule has 4 aromatic rings. The van der Waals surface area contributed by atoms with Gasteiger partial charge in [0.25, 0.3) is 5.56 Å². The summed E-state index contributed by atoms with van der Waals surface area (Å²) in [4.78, 5) is 33.0. The van der Waals surface area contributed by atoms with Crippen LogP contribution in [-0.4, -0.2) is 30.6 Å². The average molecular weight is 448 g/mol. The molecular formula is C22H21FN8O2. The third-order valence-corrected chi connectivity index (χ3v) is 5.70. The van der Waals surface area contributed by atoms with Crippen molar-refractivity contribution in [2.24, 2.45) is 0 Å². The lowest BCUT2D eigenvalue weighted by atomic mass is 9.96. The Labute approximate surface area is 187 Å². The van der Waals surface area contributed by atoms with Crippen LogP contribution in [0.1, 0.15) is 29.4 Å². The Morgan fingerprint density at radius 2 is 2.12 bits per heavy atom. The minimum absolute atomic E-state index is 0.129. The number of hydrogen-bond acceptors (Lipinski definition) is 7. The number of nitrogens with zero attached hydrogens (tertiary/aromatic N) is 4. The van der Waals surface area contributed by atoms with E-state index in [2.05, 4.69) is 30.8 Å². The molecule has 5 rings (SSSR count). The zero-order valence-electron chi connectivity index (χ0n) is 17.5. The number of aromatic nitrogens is 5. The second kappa shape index (κ2) is 8.34. The molecule has 168 valence electrons. The Morgan fingerprint density at radius 3 is 2.91 bits per heavy atom. The molecule has 1 amide bonds. The van der Waals surface area contributed by atoms with E-state index >= 15 is 0 Å². The van der Waals surface area contributed by atoms with E-state index in [1.165, 1.54) is 23.0 Å². The van der Waals surface area contributed by atoms with Crippen LogP contribution in [0, 0.1) is 5.82 Å². The summed E-state index contributed by atoms with van der Waals surface area (Å²) in [5.74, 6) is -0.346. The highest BCUT2D eigenvalue weighted by molar-refractivity contribution is 5.88. The fraction of sp³-hybridized carbons (Fsp3) is 0.227. The molecule has 0 radical (unpaired) electrons. The summed E-state index contributed by atoms with van der Waals surface area (Å²) < 4.78 is 14.5. The van der Waals surface area contributed by atoms with Crippen LogP contribution in [-0.2, 0) is 24.3 Å². The van der Waals surface area contributed by atoms with Crippen molar-refractivity contribution in [2.45, 2.75) is 32.0 Å². The Bertz CT molecular complexity index is 1400. The lowest BCUT2D eigenvalue weighted by Crippen LogP contribution is -2.35. The van der Waals surface area contributed by atoms with Crippen LogP contribution >= 0.6 is 0 Å². The summed E-state index contributed by atoms with van der Waals surface area (Å²) in [5.41, 5.74) is 8.86. The van der Waals surface area contributed by atoms with Crippen molar-refractivity contribution in [3.63, 3.8) is 0 Å². The van der Waals surface area contributed by atoms with Crippen molar-refractivity contribution in [3.8, 4) is 0 Å². The first-order valence-corrected chi connectivity index (χ1v) is 10.4. The monoisotopic (exact) mass is 448 g/mol. The van der Waals surface area contributed by atoms with Gasteiger partial charge in [-0.25, -0.2) is 9.37 Å². The van der Waals surface area contributed by atoms with Gasteiger partial charge in [-0.3, -0.25) is 14.2 Å². The highest BCUT2D eigenvalue weighted by Gasteiger charge is 2.24. The molecule has 0 fully saturated rings. The normalized spacial score (nSPS) is 15.1. The molecular weight excluding hydrogens is 427 g/mol. The van der Waals surface area contributed by atoms with E-state index < -0.39 is 0 Å². The van der Waals surface area contributed by atoms with Gasteiger partial charge in [0.1, 0.15) is 18.0 Å². The topological polar surface area (TPSA) is 144 Å². The summed E-state index contributed by atoms with van der Waals surface area (Å²) in [7, 11) is 0. The van der Waals surface area contributed by atoms with Crippen molar-refractivity contribution >= 4 is 28.3 Å². The third kappa shape index (κ3) is 4.12. The maximum atomic E-state index is 13.2. The predicted octanol–water partition coefficient (Wildman–Crippen LogP) is 1.65. The average Bonchev–Trinajstić information content (AvgIpc) is 3.25. The number of nitrogens with one attached hydrogen (secondary N) is 3. The van der Waals surface area contributed by atoms with E-state index in [-0.39, 0.29) is 36.4 Å². The third-order valence-electron chi connectivity index (χ3n) is 5.70. The number of aryl methyl sites for hydroxylation is 1. The Balaban J connectivity index is 1.27. The molecule has 0 bridgehead atoms. The summed E-state index contributed by atoms with van der Waals surface area (Å²) >= 11 is 0. The summed E-state index contributed by atoms with van der Waals surface area (Å²) in [6, 6.07) is 7.86. The van der Waals surface area contributed by atoms with Crippen LogP contribution in [0.15, 0.2) is 47.7 Å². The van der Waals surface area contributed by atoms with Crippen LogP contribution < -0.4 is 21.9 Å². The second-order valence-electron chi connectivity index (χ2n) is 7.91. The number of benzene rings is 1. The molecule has 0 unspecified atom stereocenters. The largest absolute Gasteiger partial charge is 0.382 e. The number of nitrogen functional groups attached to an aromatic ring is 1. The molecule has 1 aliphatic rings. The SMILES string of the molecule is Nc1nncc2[nH]c(CNC(=O)Cn3cnc4c(c3=O)N[C@H](c3ccc(F)cc3)CC4)cc12. The minimum Gasteiger partial charge on any atom is -0.382 e. The van der Waals surface area contributed by atoms with Gasteiger partial charge in [-0.15, -0.1) is 5.10 Å². The van der Waals surface area contributed by atoms with Gasteiger partial charge in [-0.05, 0) is 36.6 Å². The molecule has 0 saturated carbocycles. The van der Waals surface area contributed by atoms with Crippen molar-refractivity contribution in [1.29, 1.82) is 0 Å². The maximum absolute atomic E-state index is 13.2. The van der Waals surface area contributed by atoms with Gasteiger partial charge in [0.15, 0.2) is 5.82 Å². The molecule has 0 aliphatic carbocycles. The second-order valence-corrected chi connectivity index (χ2v) is 7.91. The molecule has 4 heterocycles. The quantitative estimate of drug-likeness (QED) is 0.363. The van der Waals surface area contributed by atoms with Crippen LogP contribution in [0.4, 0.5) is 15.9 Å². The lowest BCUT2D eigenvalue weighted by molar-refractivity contribution is -0.121. The fourth-order valence-electron chi connectivity index (χ4n) is 3.99. The molecule has 5 N–H and O–H groups in total. The van der Waals surface area contributed by atoms with Gasteiger partial charge < -0.3 is 21.4 Å². The van der Waals surface area contributed by atoms with Crippen molar-refractivity contribution in [2.75, 3.05) is 11.1 Å². The first-order chi connectivity index (χ1) is 16.0. The number of rotatable bonds is 5. The Morgan fingerprint density at radius 1 is 1.30 bits per heavy atom. The number of carbonyl (C=O) groups is 1. The smallest absolute Gasteiger partial charge is 0.277 e. The van der Waals surface area contributed by atoms with Gasteiger partial charge in [0, 0.05) is 11.1 Å². The van der Waals surface area contributed by atoms with Crippen LogP contribution in [0.5, 0.6) is 0 Å². The number of H-pyrrole nitrogens is 1. The number of aromatic amines is 1. The van der Waals surface area contributed by atoms with Gasteiger partial charge in [0.2, 0.25) is 5.91 Å². The van der Waals surface area contributed by atoms with E-state index in [1.807, 2.05) is 0 Å². The molecule has 0 spiro atoms. The molecule has 11 heteroatoms. The molecule has 1 aromatic carbocycles. The first-order valence-electron chi connectivity index (χ1n) is 10.4. The first kappa shape index (κ1) is 20.6. The van der Waals surface area contributed by atoms with Crippen molar-refractivity contribution in [3.05, 3.63) is 76.0 Å². The molecule has 3 aromatic heterocycles. The predicted molar refractivity (Wildman–Crippen MR) is 120 cm³/mol. The van der Waals surface area contributed by atoms with Gasteiger partial charge in [-0.1, -0.05) is 12.1 Å². The van der Waals surface area contributed by atoms with Crippen LogP contribution in [0.2, 0.25) is 0 Å². The number of fused-ring (bicyclic) bond motifs is 2. The fourth-order valence-corrected chi connectivity index (χ4v) is 3.99. The Hall–Kier alpha value is -4.28. The number of amides is 1. The highest BCUT2D eigenvalue weighted by Crippen LogP contribution is 2.29. The highest BCUT2D eigenvalue weighted by atomic mass is 19.1. The Kier molecular flexibility index (Phi) is 5.21. The summed E-state index contributed by atoms with van der Waals surface area (Å²) in [6.45, 7) is 0.0540. The number of carbonyl (C=O) groups excluding carboxylic acids is 1. The van der Waals surface area contributed by atoms with Gasteiger partial charge in [0.05, 0.1) is 36.3 Å². The number of halogens is 1. The van der Waals surface area contributed by atoms with Gasteiger partial charge in [-0.2, -0.15) is 5.10 Å². The molecule has 10 nitrogen and oxygen atoms in total. The number of anilines is 2. The lowest BCUT2D eigenvalue weighted by Gasteiger charge is -2.26. The van der Waals surface area contributed by atoms with E-state index in [9.17, 15) is 14.0 Å². The number of hydrogen-bond donors (Lipinski definition) is 4.